The summed E-state index contributed by atoms with van der Waals surface area (Å²) in [6.45, 7) is 1.10. The zero-order chi connectivity index (χ0) is 9.68. The van der Waals surface area contributed by atoms with Gasteiger partial charge in [-0.1, -0.05) is 0 Å². The summed E-state index contributed by atoms with van der Waals surface area (Å²) >= 11 is 0. The highest BCUT2D eigenvalue weighted by molar-refractivity contribution is 5.66. The van der Waals surface area contributed by atoms with Crippen molar-refractivity contribution in [2.45, 2.75) is 6.42 Å². The molecule has 1 aliphatic rings. The zero-order valence-corrected chi connectivity index (χ0v) is 7.10. The molecule has 1 N–H and O–H groups in total. The van der Waals surface area contributed by atoms with Gasteiger partial charge in [-0.2, -0.15) is 5.26 Å². The molecule has 1 rings (SSSR count). The zero-order valence-electron chi connectivity index (χ0n) is 7.10. The molecule has 0 amide bonds. The Labute approximate surface area is 76.4 Å². The molecule has 4 nitrogen and oxygen atoms in total. The largest absolute Gasteiger partial charge is 0.481 e. The minimum Gasteiger partial charge on any atom is -0.481 e. The van der Waals surface area contributed by atoms with E-state index in [-0.39, 0.29) is 6.42 Å². The van der Waals surface area contributed by atoms with Crippen LogP contribution in [0.15, 0.2) is 23.9 Å². The van der Waals surface area contributed by atoms with Gasteiger partial charge in [-0.15, -0.1) is 0 Å². The fourth-order valence-electron chi connectivity index (χ4n) is 1.02. The predicted molar refractivity (Wildman–Crippen MR) is 46.7 cm³/mol. The molecule has 0 atom stereocenters. The lowest BCUT2D eigenvalue weighted by atomic mass is 10.2. The standard InChI is InChI=1S/C9H10N2O2/c10-7-8-1-4-11(5-2-8)6-3-9(12)13/h1-2,4H,3,5-6H2,(H,12,13). The number of hydrogen-bond donors (Lipinski definition) is 1. The first-order chi connectivity index (χ1) is 6.22. The van der Waals surface area contributed by atoms with Crippen molar-refractivity contribution in [3.63, 3.8) is 0 Å². The molecule has 0 unspecified atom stereocenters. The molecule has 4 heteroatoms. The van der Waals surface area contributed by atoms with Crippen molar-refractivity contribution >= 4 is 5.97 Å². The average Bonchev–Trinajstić information content (AvgIpc) is 2.15. The smallest absolute Gasteiger partial charge is 0.305 e. The molecule has 0 aromatic carbocycles. The lowest BCUT2D eigenvalue weighted by molar-refractivity contribution is -0.137. The third-order valence-corrected chi connectivity index (χ3v) is 1.75. The van der Waals surface area contributed by atoms with Crippen molar-refractivity contribution in [2.24, 2.45) is 0 Å². The van der Waals surface area contributed by atoms with Crippen molar-refractivity contribution in [1.82, 2.24) is 4.90 Å². The maximum Gasteiger partial charge on any atom is 0.305 e. The highest BCUT2D eigenvalue weighted by Gasteiger charge is 2.05. The Morgan fingerprint density at radius 1 is 1.77 bits per heavy atom. The van der Waals surface area contributed by atoms with Gasteiger partial charge in [0.1, 0.15) is 0 Å². The molecule has 0 radical (unpaired) electrons. The maximum absolute atomic E-state index is 10.2. The minimum absolute atomic E-state index is 0.125. The van der Waals surface area contributed by atoms with Crippen molar-refractivity contribution in [1.29, 1.82) is 5.26 Å². The average molecular weight is 178 g/mol. The second kappa shape index (κ2) is 4.31. The summed E-state index contributed by atoms with van der Waals surface area (Å²) in [6, 6.07) is 2.02. The summed E-state index contributed by atoms with van der Waals surface area (Å²) in [6.07, 6.45) is 5.34. The first kappa shape index (κ1) is 9.33. The highest BCUT2D eigenvalue weighted by atomic mass is 16.4. The van der Waals surface area contributed by atoms with E-state index < -0.39 is 5.97 Å². The third-order valence-electron chi connectivity index (χ3n) is 1.75. The second-order valence-corrected chi connectivity index (χ2v) is 2.73. The summed E-state index contributed by atoms with van der Waals surface area (Å²) in [4.78, 5) is 12.1. The molecule has 0 fully saturated rings. The lowest BCUT2D eigenvalue weighted by Gasteiger charge is -2.19. The molecular formula is C9H10N2O2. The van der Waals surface area contributed by atoms with Gasteiger partial charge >= 0.3 is 5.97 Å². The van der Waals surface area contributed by atoms with Crippen molar-refractivity contribution in [3.05, 3.63) is 23.9 Å². The van der Waals surface area contributed by atoms with Crippen LogP contribution in [-0.4, -0.2) is 29.1 Å². The number of carboxylic acids is 1. The van der Waals surface area contributed by atoms with E-state index in [0.29, 0.717) is 18.7 Å². The van der Waals surface area contributed by atoms with Gasteiger partial charge in [0.25, 0.3) is 0 Å². The molecule has 0 aromatic rings. The Bertz CT molecular complexity index is 299. The predicted octanol–water partition coefficient (Wildman–Crippen LogP) is 0.740. The number of aliphatic carboxylic acids is 1. The molecule has 0 saturated heterocycles. The van der Waals surface area contributed by atoms with E-state index in [1.807, 2.05) is 11.0 Å². The lowest BCUT2D eigenvalue weighted by Crippen LogP contribution is -2.22. The SMILES string of the molecule is N#CC1=CCN(CCC(=O)O)C=C1. The topological polar surface area (TPSA) is 64.3 Å². The van der Waals surface area contributed by atoms with Crippen molar-refractivity contribution < 1.29 is 9.90 Å². The van der Waals surface area contributed by atoms with Gasteiger partial charge < -0.3 is 10.0 Å². The van der Waals surface area contributed by atoms with Gasteiger partial charge in [0, 0.05) is 19.3 Å². The van der Waals surface area contributed by atoms with Gasteiger partial charge in [-0.25, -0.2) is 0 Å². The summed E-state index contributed by atoms with van der Waals surface area (Å²) in [7, 11) is 0. The van der Waals surface area contributed by atoms with E-state index in [2.05, 4.69) is 0 Å². The molecule has 0 bridgehead atoms. The van der Waals surface area contributed by atoms with E-state index in [1.54, 1.807) is 18.4 Å². The Morgan fingerprint density at radius 2 is 2.54 bits per heavy atom. The van der Waals surface area contributed by atoms with Gasteiger partial charge in [-0.3, -0.25) is 4.79 Å². The first-order valence-electron chi connectivity index (χ1n) is 3.96. The van der Waals surface area contributed by atoms with Crippen LogP contribution in [-0.2, 0) is 4.79 Å². The van der Waals surface area contributed by atoms with Crippen LogP contribution in [0.5, 0.6) is 0 Å². The molecule has 1 aliphatic heterocycles. The number of nitrogens with zero attached hydrogens (tertiary/aromatic N) is 2. The number of carboxylic acid groups (broad SMARTS) is 1. The molecule has 0 saturated carbocycles. The van der Waals surface area contributed by atoms with Gasteiger partial charge in [-0.05, 0) is 12.2 Å². The summed E-state index contributed by atoms with van der Waals surface area (Å²) in [5, 5.41) is 16.9. The van der Waals surface area contributed by atoms with Gasteiger partial charge in [0.2, 0.25) is 0 Å². The fourth-order valence-corrected chi connectivity index (χ4v) is 1.02. The van der Waals surface area contributed by atoms with Crippen LogP contribution in [0.4, 0.5) is 0 Å². The molecule has 0 aromatic heterocycles. The third kappa shape index (κ3) is 2.99. The molecule has 68 valence electrons. The number of allylic oxidation sites excluding steroid dienone is 2. The van der Waals surface area contributed by atoms with E-state index in [1.165, 1.54) is 0 Å². The molecule has 13 heavy (non-hydrogen) atoms. The summed E-state index contributed by atoms with van der Waals surface area (Å²) < 4.78 is 0. The Hall–Kier alpha value is -1.76. The van der Waals surface area contributed by atoms with Crippen LogP contribution in [0.25, 0.3) is 0 Å². The van der Waals surface area contributed by atoms with Crippen LogP contribution < -0.4 is 0 Å². The number of nitriles is 1. The van der Waals surface area contributed by atoms with Crippen LogP contribution >= 0.6 is 0 Å². The Balaban J connectivity index is 2.36. The first-order valence-corrected chi connectivity index (χ1v) is 3.96. The maximum atomic E-state index is 10.2. The van der Waals surface area contributed by atoms with Crippen LogP contribution in [0.2, 0.25) is 0 Å². The molecule has 1 heterocycles. The number of carbonyl (C=O) groups is 1. The van der Waals surface area contributed by atoms with E-state index in [9.17, 15) is 4.79 Å². The van der Waals surface area contributed by atoms with Gasteiger partial charge in [0.05, 0.1) is 18.1 Å². The van der Waals surface area contributed by atoms with E-state index in [0.717, 1.165) is 0 Å². The molecular weight excluding hydrogens is 168 g/mol. The van der Waals surface area contributed by atoms with E-state index >= 15 is 0 Å². The van der Waals surface area contributed by atoms with Gasteiger partial charge in [0.15, 0.2) is 0 Å². The van der Waals surface area contributed by atoms with Crippen molar-refractivity contribution in [3.8, 4) is 6.07 Å². The van der Waals surface area contributed by atoms with Crippen molar-refractivity contribution in [2.75, 3.05) is 13.1 Å². The Kier molecular flexibility index (Phi) is 3.09. The number of hydrogen-bond acceptors (Lipinski definition) is 3. The van der Waals surface area contributed by atoms with Crippen LogP contribution in [0.3, 0.4) is 0 Å². The molecule has 0 aliphatic carbocycles. The molecule has 0 spiro atoms. The van der Waals surface area contributed by atoms with E-state index in [4.69, 9.17) is 10.4 Å². The second-order valence-electron chi connectivity index (χ2n) is 2.73. The quantitative estimate of drug-likeness (QED) is 0.692. The highest BCUT2D eigenvalue weighted by Crippen LogP contribution is 2.05. The Morgan fingerprint density at radius 3 is 3.00 bits per heavy atom. The van der Waals surface area contributed by atoms with Crippen LogP contribution in [0, 0.1) is 11.3 Å². The fraction of sp³-hybridized carbons (Fsp3) is 0.333. The minimum atomic E-state index is -0.802. The summed E-state index contributed by atoms with van der Waals surface area (Å²) in [5.41, 5.74) is 0.631. The monoisotopic (exact) mass is 178 g/mol. The normalized spacial score (nSPS) is 15.0. The van der Waals surface area contributed by atoms with Crippen LogP contribution in [0.1, 0.15) is 6.42 Å². The summed E-state index contributed by atoms with van der Waals surface area (Å²) in [5.74, 6) is -0.802. The number of rotatable bonds is 3.